The molecule has 0 fully saturated rings. The predicted molar refractivity (Wildman–Crippen MR) is 77.2 cm³/mol. The summed E-state index contributed by atoms with van der Waals surface area (Å²) in [4.78, 5) is 20.9. The summed E-state index contributed by atoms with van der Waals surface area (Å²) in [6, 6.07) is 11.2. The summed E-state index contributed by atoms with van der Waals surface area (Å²) in [5.41, 5.74) is 8.94. The summed E-state index contributed by atoms with van der Waals surface area (Å²) in [5.74, 6) is 0.252. The predicted octanol–water partition coefficient (Wildman–Crippen LogP) is 1.00. The quantitative estimate of drug-likeness (QED) is 0.320. The van der Waals surface area contributed by atoms with Crippen molar-refractivity contribution in [1.82, 2.24) is 0 Å². The van der Waals surface area contributed by atoms with Crippen LogP contribution in [-0.2, 0) is 0 Å². The van der Waals surface area contributed by atoms with E-state index in [4.69, 9.17) is 25.3 Å². The van der Waals surface area contributed by atoms with E-state index >= 15 is 0 Å². The number of nitrogens with two attached hydrogens (primary N) is 2. The first-order chi connectivity index (χ1) is 10.4. The lowest BCUT2D eigenvalue weighted by Crippen LogP contribution is -2.20. The van der Waals surface area contributed by atoms with Crippen LogP contribution in [0.1, 0.15) is 0 Å². The first kappa shape index (κ1) is 16.6. The number of benzene rings is 2. The highest BCUT2D eigenvalue weighted by Crippen LogP contribution is 2.18. The molecule has 0 bridgehead atoms. The van der Waals surface area contributed by atoms with Crippen molar-refractivity contribution in [2.24, 2.45) is 11.5 Å². The van der Waals surface area contributed by atoms with Gasteiger partial charge in [0.15, 0.2) is 5.96 Å². The van der Waals surface area contributed by atoms with E-state index in [1.165, 1.54) is 48.5 Å². The molecule has 0 aromatic heterocycles. The molecule has 0 saturated carbocycles. The van der Waals surface area contributed by atoms with E-state index in [1.54, 1.807) is 0 Å². The molecule has 0 unspecified atom stereocenters. The van der Waals surface area contributed by atoms with Crippen molar-refractivity contribution >= 4 is 5.96 Å². The van der Waals surface area contributed by atoms with Gasteiger partial charge in [-0.1, -0.05) is 0 Å². The molecule has 0 saturated heterocycles. The molecule has 0 radical (unpaired) electrons. The van der Waals surface area contributed by atoms with Gasteiger partial charge in [0, 0.05) is 0 Å². The normalized spacial score (nSPS) is 9.09. The summed E-state index contributed by atoms with van der Waals surface area (Å²) >= 11 is 0. The third-order valence-electron chi connectivity index (χ3n) is 2.03. The molecule has 9 nitrogen and oxygen atoms in total. The van der Waals surface area contributed by atoms with Crippen LogP contribution in [-0.4, -0.2) is 21.3 Å². The standard InChI is InChI=1S/C12H9NO5.CH5N3/c14-9-1-5-11(6-2-9)17-13(16)18-12-7-3-10(15)4-8-12;2-1(3)4/h1-8H,(H-,14,15);(H5,2,3,4)/p+1. The Morgan fingerprint density at radius 1 is 0.864 bits per heavy atom. The number of rotatable bonds is 4. The maximum atomic E-state index is 11.3. The van der Waals surface area contributed by atoms with Gasteiger partial charge in [-0.3, -0.25) is 5.41 Å². The maximum Gasteiger partial charge on any atom is 0.489 e. The Labute approximate surface area is 125 Å². The Balaban J connectivity index is 0.000000541. The number of nitrogens with zero attached hydrogens (tertiary/aromatic N) is 1. The molecule has 116 valence electrons. The fourth-order valence-electron chi connectivity index (χ4n) is 1.20. The van der Waals surface area contributed by atoms with Crippen molar-refractivity contribution in [3.8, 4) is 23.0 Å². The van der Waals surface area contributed by atoms with Crippen LogP contribution in [0.3, 0.4) is 0 Å². The van der Waals surface area contributed by atoms with Gasteiger partial charge < -0.3 is 21.7 Å². The molecule has 2 aromatic carbocycles. The summed E-state index contributed by atoms with van der Waals surface area (Å²) in [7, 11) is 0. The Kier molecular flexibility index (Phi) is 5.98. The molecule has 22 heavy (non-hydrogen) atoms. The molecule has 2 aromatic rings. The first-order valence-corrected chi connectivity index (χ1v) is 5.87. The van der Waals surface area contributed by atoms with Gasteiger partial charge in [-0.15, -0.1) is 9.68 Å². The fraction of sp³-hybridized carbons (Fsp3) is 0. The van der Waals surface area contributed by atoms with Gasteiger partial charge in [-0.2, -0.15) is 0 Å². The highest BCUT2D eigenvalue weighted by Gasteiger charge is 2.16. The van der Waals surface area contributed by atoms with Gasteiger partial charge in [0.25, 0.3) is 0 Å². The van der Waals surface area contributed by atoms with Crippen LogP contribution in [0.4, 0.5) is 0 Å². The first-order valence-electron chi connectivity index (χ1n) is 5.87. The minimum Gasteiger partial charge on any atom is -0.508 e. The average molecular weight is 307 g/mol. The van der Waals surface area contributed by atoms with Crippen LogP contribution >= 0.6 is 0 Å². The lowest BCUT2D eigenvalue weighted by molar-refractivity contribution is -0.920. The van der Waals surface area contributed by atoms with Crippen molar-refractivity contribution in [3.05, 3.63) is 53.4 Å². The molecule has 0 aliphatic heterocycles. The van der Waals surface area contributed by atoms with E-state index in [0.717, 1.165) is 0 Å². The molecule has 7 N–H and O–H groups in total. The van der Waals surface area contributed by atoms with Crippen molar-refractivity contribution < 1.29 is 25.0 Å². The molecule has 9 heteroatoms. The van der Waals surface area contributed by atoms with Gasteiger partial charge in [0.2, 0.25) is 11.5 Å². The Morgan fingerprint density at radius 3 is 1.41 bits per heavy atom. The molecule has 0 aliphatic carbocycles. The molecule has 0 heterocycles. The monoisotopic (exact) mass is 307 g/mol. The summed E-state index contributed by atoms with van der Waals surface area (Å²) in [5, 5.41) is 24.1. The van der Waals surface area contributed by atoms with Gasteiger partial charge in [0.05, 0.1) is 0 Å². The van der Waals surface area contributed by atoms with E-state index in [-0.39, 0.29) is 34.0 Å². The number of guanidine groups is 1. The molecule has 2 rings (SSSR count). The molecule has 0 aliphatic rings. The smallest absolute Gasteiger partial charge is 0.489 e. The highest BCUT2D eigenvalue weighted by atomic mass is 17.0. The van der Waals surface area contributed by atoms with Gasteiger partial charge in [-0.25, -0.2) is 0 Å². The fourth-order valence-corrected chi connectivity index (χ4v) is 1.20. The molecular weight excluding hydrogens is 292 g/mol. The van der Waals surface area contributed by atoms with Crippen LogP contribution < -0.4 is 21.1 Å². The highest BCUT2D eigenvalue weighted by molar-refractivity contribution is 5.71. The van der Waals surface area contributed by atoms with E-state index in [1.807, 2.05) is 0 Å². The Hall–Kier alpha value is -3.49. The van der Waals surface area contributed by atoms with Crippen LogP contribution in [0.15, 0.2) is 48.5 Å². The lowest BCUT2D eigenvalue weighted by atomic mass is 10.3. The molecule has 0 amide bonds. The SMILES string of the molecule is N=C(N)N.O=[N+](Oc1ccc(O)cc1)Oc1ccc(O)cc1. The summed E-state index contributed by atoms with van der Waals surface area (Å²) in [6.07, 6.45) is 0. The second-order valence-corrected chi connectivity index (χ2v) is 3.85. The Morgan fingerprint density at radius 2 is 1.14 bits per heavy atom. The number of hydrogen-bond donors (Lipinski definition) is 5. The second-order valence-electron chi connectivity index (χ2n) is 3.85. The molecule has 0 spiro atoms. The van der Waals surface area contributed by atoms with Crippen LogP contribution in [0.2, 0.25) is 0 Å². The lowest BCUT2D eigenvalue weighted by Gasteiger charge is -1.95. The largest absolute Gasteiger partial charge is 0.508 e. The number of aromatic hydroxyl groups is 2. The van der Waals surface area contributed by atoms with Crippen LogP contribution in [0.5, 0.6) is 23.0 Å². The van der Waals surface area contributed by atoms with Crippen molar-refractivity contribution in [3.63, 3.8) is 0 Å². The number of phenols is 2. The summed E-state index contributed by atoms with van der Waals surface area (Å²) < 4.78 is 0. The zero-order valence-electron chi connectivity index (χ0n) is 11.3. The zero-order chi connectivity index (χ0) is 16.5. The zero-order valence-corrected chi connectivity index (χ0v) is 11.3. The van der Waals surface area contributed by atoms with Crippen molar-refractivity contribution in [1.29, 1.82) is 5.41 Å². The third-order valence-corrected chi connectivity index (χ3v) is 2.03. The van der Waals surface area contributed by atoms with Gasteiger partial charge in [-0.05, 0) is 48.5 Å². The molecular formula is C13H15N4O5+. The summed E-state index contributed by atoms with van der Waals surface area (Å²) in [6.45, 7) is 0. The second kappa shape index (κ2) is 7.94. The number of hydrogen-bond acceptors (Lipinski definition) is 6. The van der Waals surface area contributed by atoms with Crippen molar-refractivity contribution in [2.45, 2.75) is 0 Å². The van der Waals surface area contributed by atoms with Gasteiger partial charge >= 0.3 is 5.09 Å². The minimum atomic E-state index is -0.333. The maximum absolute atomic E-state index is 11.3. The van der Waals surface area contributed by atoms with E-state index in [9.17, 15) is 4.91 Å². The third kappa shape index (κ3) is 6.61. The van der Waals surface area contributed by atoms with Gasteiger partial charge in [0.1, 0.15) is 16.4 Å². The topological polar surface area (TPSA) is 155 Å². The van der Waals surface area contributed by atoms with Crippen LogP contribution in [0.25, 0.3) is 0 Å². The number of nitrogens with one attached hydrogen (secondary N) is 1. The van der Waals surface area contributed by atoms with Crippen molar-refractivity contribution in [2.75, 3.05) is 0 Å². The minimum absolute atomic E-state index is 0.0688. The Bertz CT molecular complexity index is 574. The van der Waals surface area contributed by atoms with E-state index in [2.05, 4.69) is 11.5 Å². The van der Waals surface area contributed by atoms with E-state index < -0.39 is 0 Å². The number of phenolic OH excluding ortho intramolecular Hbond substituents is 2. The van der Waals surface area contributed by atoms with Crippen LogP contribution in [0, 0.1) is 10.3 Å². The average Bonchev–Trinajstić information content (AvgIpc) is 2.43. The van der Waals surface area contributed by atoms with E-state index in [0.29, 0.717) is 0 Å². The molecule has 0 atom stereocenters.